The summed E-state index contributed by atoms with van der Waals surface area (Å²) in [5.41, 5.74) is 2.71. The molecule has 0 bridgehead atoms. The van der Waals surface area contributed by atoms with E-state index in [9.17, 15) is 0 Å². The van der Waals surface area contributed by atoms with Crippen molar-refractivity contribution in [2.45, 2.75) is 45.8 Å². The van der Waals surface area contributed by atoms with Crippen LogP contribution < -0.4 is 9.92 Å². The zero-order valence-electron chi connectivity index (χ0n) is 14.4. The number of ether oxygens (including phenoxy) is 1. The maximum absolute atomic E-state index is 5.89. The second-order valence-corrected chi connectivity index (χ2v) is 12.7. The molecule has 1 aromatic rings. The van der Waals surface area contributed by atoms with E-state index >= 15 is 0 Å². The molecule has 2 heteroatoms. The van der Waals surface area contributed by atoms with Crippen LogP contribution in [-0.2, 0) is 5.41 Å². The lowest BCUT2D eigenvalue weighted by molar-refractivity contribution is 0.379. The van der Waals surface area contributed by atoms with Crippen molar-refractivity contribution in [3.8, 4) is 5.75 Å². The Morgan fingerprint density at radius 2 is 1.62 bits per heavy atom. The first-order valence-electron chi connectivity index (χ1n) is 7.72. The molecule has 1 aromatic carbocycles. The minimum Gasteiger partial charge on any atom is -0.497 e. The van der Waals surface area contributed by atoms with Crippen molar-refractivity contribution >= 4 is 13.3 Å². The van der Waals surface area contributed by atoms with Gasteiger partial charge in [0, 0.05) is 16.9 Å². The largest absolute Gasteiger partial charge is 0.497 e. The van der Waals surface area contributed by atoms with Crippen molar-refractivity contribution in [1.82, 2.24) is 0 Å². The van der Waals surface area contributed by atoms with Gasteiger partial charge in [-0.2, -0.15) is 0 Å². The maximum atomic E-state index is 5.89. The van der Waals surface area contributed by atoms with Gasteiger partial charge in [0.15, 0.2) is 0 Å². The average molecular weight is 301 g/mol. The number of benzene rings is 1. The summed E-state index contributed by atoms with van der Waals surface area (Å²) < 4.78 is 5.89. The molecule has 2 rings (SSSR count). The molecule has 1 aliphatic carbocycles. The van der Waals surface area contributed by atoms with E-state index in [-0.39, 0.29) is 5.41 Å². The molecule has 0 N–H and O–H groups in total. The molecule has 1 aliphatic rings. The first kappa shape index (κ1) is 16.1. The van der Waals surface area contributed by atoms with Gasteiger partial charge in [0.25, 0.3) is 0 Å². The number of rotatable bonds is 4. The lowest BCUT2D eigenvalue weighted by atomic mass is 9.73. The average Bonchev–Trinajstić information content (AvgIpc) is 2.91. The fraction of sp³-hybridized carbons (Fsp3) is 0.474. The second kappa shape index (κ2) is 5.49. The normalized spacial score (nSPS) is 15.8. The predicted octanol–water partition coefficient (Wildman–Crippen LogP) is 4.57. The Morgan fingerprint density at radius 3 is 2.10 bits per heavy atom. The molecular weight excluding hydrogens is 272 g/mol. The Hall–Kier alpha value is -1.28. The summed E-state index contributed by atoms with van der Waals surface area (Å²) in [6, 6.07) is 4.63. The Morgan fingerprint density at radius 1 is 1.05 bits per heavy atom. The van der Waals surface area contributed by atoms with Gasteiger partial charge in [-0.05, 0) is 12.1 Å². The van der Waals surface area contributed by atoms with Crippen LogP contribution in [0.5, 0.6) is 5.75 Å². The fourth-order valence-corrected chi connectivity index (χ4v) is 4.70. The zero-order valence-corrected chi connectivity index (χ0v) is 15.4. The summed E-state index contributed by atoms with van der Waals surface area (Å²) in [6.45, 7) is 14.0. The van der Waals surface area contributed by atoms with Gasteiger partial charge in [-0.15, -0.1) is 0 Å². The van der Waals surface area contributed by atoms with Crippen molar-refractivity contribution in [2.75, 3.05) is 7.11 Å². The standard InChI is InChI=1S/C19H28OSi/c1-14-12-16(19(2,3)15-10-8-9-11-15)18(20-4)17(13-14)21(5,6)7/h8-13,15H,1-7H3. The maximum Gasteiger partial charge on any atom is 0.121 e. The molecule has 0 atom stereocenters. The zero-order chi connectivity index (χ0) is 15.8. The van der Waals surface area contributed by atoms with Crippen LogP contribution in [0.4, 0.5) is 0 Å². The lowest BCUT2D eigenvalue weighted by Gasteiger charge is -2.34. The van der Waals surface area contributed by atoms with Crippen LogP contribution in [-0.4, -0.2) is 15.2 Å². The van der Waals surface area contributed by atoms with Crippen LogP contribution >= 0.6 is 0 Å². The highest BCUT2D eigenvalue weighted by Gasteiger charge is 2.34. The second-order valence-electron chi connectivity index (χ2n) is 7.66. The first-order valence-corrected chi connectivity index (χ1v) is 11.2. The van der Waals surface area contributed by atoms with E-state index < -0.39 is 8.07 Å². The molecule has 0 saturated heterocycles. The van der Waals surface area contributed by atoms with Gasteiger partial charge in [-0.3, -0.25) is 0 Å². The van der Waals surface area contributed by atoms with E-state index in [1.807, 2.05) is 7.11 Å². The summed E-state index contributed by atoms with van der Waals surface area (Å²) in [6.07, 6.45) is 8.87. The van der Waals surface area contributed by atoms with Gasteiger partial charge in [-0.1, -0.05) is 75.5 Å². The van der Waals surface area contributed by atoms with Crippen molar-refractivity contribution in [2.24, 2.45) is 5.92 Å². The van der Waals surface area contributed by atoms with Crippen LogP contribution in [0.1, 0.15) is 25.0 Å². The minimum absolute atomic E-state index is 0.0370. The molecule has 0 amide bonds. The molecule has 0 aromatic heterocycles. The van der Waals surface area contributed by atoms with Gasteiger partial charge in [-0.25, -0.2) is 0 Å². The smallest absolute Gasteiger partial charge is 0.121 e. The molecular formula is C19H28OSi. The minimum atomic E-state index is -1.44. The van der Waals surface area contributed by atoms with E-state index in [4.69, 9.17) is 4.74 Å². The highest BCUT2D eigenvalue weighted by molar-refractivity contribution is 6.89. The Balaban J connectivity index is 2.65. The molecule has 0 unspecified atom stereocenters. The lowest BCUT2D eigenvalue weighted by Crippen LogP contribution is -2.40. The summed E-state index contributed by atoms with van der Waals surface area (Å²) in [5, 5.41) is 1.43. The number of methoxy groups -OCH3 is 1. The third-order valence-corrected chi connectivity index (χ3v) is 6.51. The van der Waals surface area contributed by atoms with Crippen LogP contribution in [0, 0.1) is 12.8 Å². The summed E-state index contributed by atoms with van der Waals surface area (Å²) in [7, 11) is 0.373. The monoisotopic (exact) mass is 300 g/mol. The Labute approximate surface area is 130 Å². The van der Waals surface area contributed by atoms with Gasteiger partial charge in [0.05, 0.1) is 15.2 Å². The fourth-order valence-electron chi connectivity index (χ4n) is 3.12. The Bertz CT molecular complexity index is 576. The predicted molar refractivity (Wildman–Crippen MR) is 95.5 cm³/mol. The first-order chi connectivity index (χ1) is 9.67. The van der Waals surface area contributed by atoms with Gasteiger partial charge >= 0.3 is 0 Å². The van der Waals surface area contributed by atoms with E-state index in [0.717, 1.165) is 5.75 Å². The van der Waals surface area contributed by atoms with Crippen molar-refractivity contribution < 1.29 is 4.74 Å². The summed E-state index contributed by atoms with van der Waals surface area (Å²) >= 11 is 0. The summed E-state index contributed by atoms with van der Waals surface area (Å²) in [5.74, 6) is 1.54. The highest BCUT2D eigenvalue weighted by Crippen LogP contribution is 2.40. The van der Waals surface area contributed by atoms with E-state index in [1.165, 1.54) is 16.3 Å². The number of hydrogen-bond donors (Lipinski definition) is 0. The van der Waals surface area contributed by atoms with Crippen LogP contribution in [0.2, 0.25) is 19.6 Å². The van der Waals surface area contributed by atoms with Gasteiger partial charge < -0.3 is 4.74 Å². The quantitative estimate of drug-likeness (QED) is 0.740. The molecule has 21 heavy (non-hydrogen) atoms. The molecule has 0 heterocycles. The van der Waals surface area contributed by atoms with Crippen LogP contribution in [0.15, 0.2) is 36.4 Å². The number of aryl methyl sites for hydroxylation is 1. The molecule has 114 valence electrons. The molecule has 0 aliphatic heterocycles. The molecule has 0 saturated carbocycles. The van der Waals surface area contributed by atoms with Crippen molar-refractivity contribution in [3.63, 3.8) is 0 Å². The molecule has 0 spiro atoms. The molecule has 0 fully saturated rings. The Kier molecular flexibility index (Phi) is 4.21. The third-order valence-electron chi connectivity index (χ3n) is 4.52. The highest BCUT2D eigenvalue weighted by atomic mass is 28.3. The van der Waals surface area contributed by atoms with Gasteiger partial charge in [0.1, 0.15) is 5.75 Å². The van der Waals surface area contributed by atoms with Crippen molar-refractivity contribution in [3.05, 3.63) is 47.6 Å². The van der Waals surface area contributed by atoms with E-state index in [0.29, 0.717) is 5.92 Å². The van der Waals surface area contributed by atoms with E-state index in [1.54, 1.807) is 0 Å². The van der Waals surface area contributed by atoms with E-state index in [2.05, 4.69) is 76.8 Å². The SMILES string of the molecule is COc1c(C(C)(C)C2C=CC=C2)cc(C)cc1[Si](C)(C)C. The van der Waals surface area contributed by atoms with Crippen molar-refractivity contribution in [1.29, 1.82) is 0 Å². The topological polar surface area (TPSA) is 9.23 Å². The summed E-state index contributed by atoms with van der Waals surface area (Å²) in [4.78, 5) is 0. The number of hydrogen-bond acceptors (Lipinski definition) is 1. The molecule has 1 nitrogen and oxygen atoms in total. The number of allylic oxidation sites excluding steroid dienone is 4. The van der Waals surface area contributed by atoms with Crippen LogP contribution in [0.25, 0.3) is 0 Å². The molecule has 0 radical (unpaired) electrons. The van der Waals surface area contributed by atoms with Crippen LogP contribution in [0.3, 0.4) is 0 Å². The third kappa shape index (κ3) is 3.01. The van der Waals surface area contributed by atoms with Gasteiger partial charge in [0.2, 0.25) is 0 Å².